The maximum Gasteiger partial charge on any atom is 0.252 e. The highest BCUT2D eigenvalue weighted by Crippen LogP contribution is 2.18. The standard InChI is InChI=1S/C18H22N2O/c1-13-7-3-5-9-16(13)14(2)20-18(21)17-10-6-4-8-15(17)11-12-19/h3-10,14H,11-12,19H2,1-2H3,(H,20,21). The topological polar surface area (TPSA) is 55.1 Å². The summed E-state index contributed by atoms with van der Waals surface area (Å²) < 4.78 is 0. The molecule has 21 heavy (non-hydrogen) atoms. The van der Waals surface area contributed by atoms with Crippen molar-refractivity contribution in [3.63, 3.8) is 0 Å². The van der Waals surface area contributed by atoms with Crippen LogP contribution in [-0.4, -0.2) is 12.5 Å². The van der Waals surface area contributed by atoms with E-state index in [2.05, 4.69) is 18.3 Å². The first-order valence-electron chi connectivity index (χ1n) is 7.28. The summed E-state index contributed by atoms with van der Waals surface area (Å²) in [4.78, 5) is 12.5. The highest BCUT2D eigenvalue weighted by molar-refractivity contribution is 5.95. The quantitative estimate of drug-likeness (QED) is 0.885. The molecule has 0 aliphatic carbocycles. The zero-order chi connectivity index (χ0) is 15.2. The van der Waals surface area contributed by atoms with Gasteiger partial charge in [-0.25, -0.2) is 0 Å². The van der Waals surface area contributed by atoms with Crippen LogP contribution in [0.2, 0.25) is 0 Å². The molecule has 0 radical (unpaired) electrons. The summed E-state index contributed by atoms with van der Waals surface area (Å²) in [5, 5.41) is 3.07. The second-order valence-corrected chi connectivity index (χ2v) is 5.25. The van der Waals surface area contributed by atoms with Crippen LogP contribution in [0, 0.1) is 6.92 Å². The summed E-state index contributed by atoms with van der Waals surface area (Å²) in [6.07, 6.45) is 0.711. The van der Waals surface area contributed by atoms with Crippen molar-refractivity contribution in [2.24, 2.45) is 5.73 Å². The van der Waals surface area contributed by atoms with Crippen molar-refractivity contribution in [2.75, 3.05) is 6.54 Å². The summed E-state index contributed by atoms with van der Waals surface area (Å²) >= 11 is 0. The Bertz CT molecular complexity index is 622. The molecule has 2 aromatic carbocycles. The number of nitrogens with two attached hydrogens (primary N) is 1. The molecule has 0 spiro atoms. The summed E-state index contributed by atoms with van der Waals surface area (Å²) in [6.45, 7) is 4.60. The molecule has 0 aliphatic rings. The number of aryl methyl sites for hydroxylation is 1. The van der Waals surface area contributed by atoms with E-state index in [9.17, 15) is 4.79 Å². The van der Waals surface area contributed by atoms with Crippen LogP contribution in [-0.2, 0) is 6.42 Å². The highest BCUT2D eigenvalue weighted by Gasteiger charge is 2.15. The van der Waals surface area contributed by atoms with E-state index in [1.54, 1.807) is 0 Å². The van der Waals surface area contributed by atoms with Gasteiger partial charge in [-0.2, -0.15) is 0 Å². The zero-order valence-electron chi connectivity index (χ0n) is 12.6. The molecule has 0 aromatic heterocycles. The van der Waals surface area contributed by atoms with Gasteiger partial charge in [-0.1, -0.05) is 42.5 Å². The molecule has 0 bridgehead atoms. The first kappa shape index (κ1) is 15.3. The molecular weight excluding hydrogens is 260 g/mol. The second kappa shape index (κ2) is 7.04. The molecule has 2 rings (SSSR count). The van der Waals surface area contributed by atoms with E-state index in [1.165, 1.54) is 5.56 Å². The van der Waals surface area contributed by atoms with Gasteiger partial charge < -0.3 is 11.1 Å². The van der Waals surface area contributed by atoms with Crippen molar-refractivity contribution < 1.29 is 4.79 Å². The number of amides is 1. The third kappa shape index (κ3) is 3.70. The molecular formula is C18H22N2O. The van der Waals surface area contributed by atoms with E-state index < -0.39 is 0 Å². The molecule has 1 amide bonds. The fourth-order valence-electron chi connectivity index (χ4n) is 2.54. The maximum absolute atomic E-state index is 12.5. The average molecular weight is 282 g/mol. The minimum Gasteiger partial charge on any atom is -0.345 e. The van der Waals surface area contributed by atoms with Crippen LogP contribution >= 0.6 is 0 Å². The third-order valence-corrected chi connectivity index (χ3v) is 3.68. The van der Waals surface area contributed by atoms with Gasteiger partial charge in [-0.3, -0.25) is 4.79 Å². The fourth-order valence-corrected chi connectivity index (χ4v) is 2.54. The second-order valence-electron chi connectivity index (χ2n) is 5.25. The van der Waals surface area contributed by atoms with Gasteiger partial charge in [-0.15, -0.1) is 0 Å². The molecule has 0 saturated heterocycles. The van der Waals surface area contributed by atoms with Gasteiger partial charge in [0.2, 0.25) is 0 Å². The monoisotopic (exact) mass is 282 g/mol. The van der Waals surface area contributed by atoms with Crippen molar-refractivity contribution in [2.45, 2.75) is 26.3 Å². The molecule has 2 aromatic rings. The minimum atomic E-state index is -0.0465. The fraction of sp³-hybridized carbons (Fsp3) is 0.278. The first-order valence-corrected chi connectivity index (χ1v) is 7.28. The predicted octanol–water partition coefficient (Wildman–Crippen LogP) is 2.99. The number of hydrogen-bond donors (Lipinski definition) is 2. The van der Waals surface area contributed by atoms with Crippen molar-refractivity contribution in [3.05, 3.63) is 70.8 Å². The Morgan fingerprint density at radius 1 is 1.14 bits per heavy atom. The molecule has 3 heteroatoms. The molecule has 1 unspecified atom stereocenters. The van der Waals surface area contributed by atoms with E-state index in [0.29, 0.717) is 18.5 Å². The highest BCUT2D eigenvalue weighted by atomic mass is 16.1. The SMILES string of the molecule is Cc1ccccc1C(C)NC(=O)c1ccccc1CCN. The minimum absolute atomic E-state index is 0.0235. The Morgan fingerprint density at radius 2 is 1.81 bits per heavy atom. The number of carbonyl (C=O) groups excluding carboxylic acids is 1. The van der Waals surface area contributed by atoms with Crippen molar-refractivity contribution in [1.29, 1.82) is 0 Å². The predicted molar refractivity (Wildman–Crippen MR) is 86.3 cm³/mol. The van der Waals surface area contributed by atoms with Crippen LogP contribution in [0.4, 0.5) is 0 Å². The van der Waals surface area contributed by atoms with Crippen LogP contribution in [0.5, 0.6) is 0 Å². The molecule has 0 heterocycles. The molecule has 1 atom stereocenters. The van der Waals surface area contributed by atoms with E-state index in [4.69, 9.17) is 5.73 Å². The van der Waals surface area contributed by atoms with Crippen LogP contribution < -0.4 is 11.1 Å². The number of carbonyl (C=O) groups is 1. The van der Waals surface area contributed by atoms with Gasteiger partial charge in [0.25, 0.3) is 5.91 Å². The van der Waals surface area contributed by atoms with Gasteiger partial charge in [-0.05, 0) is 49.6 Å². The van der Waals surface area contributed by atoms with Gasteiger partial charge in [0.15, 0.2) is 0 Å². The number of hydrogen-bond acceptors (Lipinski definition) is 2. The van der Waals surface area contributed by atoms with E-state index in [-0.39, 0.29) is 11.9 Å². The van der Waals surface area contributed by atoms with Gasteiger partial charge in [0, 0.05) is 5.56 Å². The van der Waals surface area contributed by atoms with E-state index >= 15 is 0 Å². The van der Waals surface area contributed by atoms with Gasteiger partial charge >= 0.3 is 0 Å². The lowest BCUT2D eigenvalue weighted by atomic mass is 10.0. The number of rotatable bonds is 5. The lowest BCUT2D eigenvalue weighted by Gasteiger charge is -2.17. The van der Waals surface area contributed by atoms with Crippen LogP contribution in [0.3, 0.4) is 0 Å². The van der Waals surface area contributed by atoms with Crippen molar-refractivity contribution in [1.82, 2.24) is 5.32 Å². The van der Waals surface area contributed by atoms with Crippen molar-refractivity contribution >= 4 is 5.91 Å². The Balaban J connectivity index is 2.17. The average Bonchev–Trinajstić information content (AvgIpc) is 2.48. The number of nitrogens with one attached hydrogen (secondary N) is 1. The van der Waals surface area contributed by atoms with Crippen LogP contribution in [0.15, 0.2) is 48.5 Å². The maximum atomic E-state index is 12.5. The van der Waals surface area contributed by atoms with Crippen molar-refractivity contribution in [3.8, 4) is 0 Å². The van der Waals surface area contributed by atoms with E-state index in [0.717, 1.165) is 11.1 Å². The van der Waals surface area contributed by atoms with Crippen LogP contribution in [0.1, 0.15) is 40.0 Å². The molecule has 3 nitrogen and oxygen atoms in total. The molecule has 110 valence electrons. The number of benzene rings is 2. The summed E-state index contributed by atoms with van der Waals surface area (Å²) in [6, 6.07) is 15.7. The normalized spacial score (nSPS) is 12.0. The third-order valence-electron chi connectivity index (χ3n) is 3.68. The Labute approximate surface area is 126 Å². The largest absolute Gasteiger partial charge is 0.345 e. The Kier molecular flexibility index (Phi) is 5.12. The van der Waals surface area contributed by atoms with Crippen LogP contribution in [0.25, 0.3) is 0 Å². The summed E-state index contributed by atoms with van der Waals surface area (Å²) in [5.41, 5.74) is 9.64. The Morgan fingerprint density at radius 3 is 2.52 bits per heavy atom. The lowest BCUT2D eigenvalue weighted by molar-refractivity contribution is 0.0939. The molecule has 3 N–H and O–H groups in total. The first-order chi connectivity index (χ1) is 10.1. The van der Waals surface area contributed by atoms with Gasteiger partial charge in [0.1, 0.15) is 0 Å². The lowest BCUT2D eigenvalue weighted by Crippen LogP contribution is -2.28. The van der Waals surface area contributed by atoms with Gasteiger partial charge in [0.05, 0.1) is 6.04 Å². The zero-order valence-corrected chi connectivity index (χ0v) is 12.6. The molecule has 0 saturated carbocycles. The molecule has 0 fully saturated rings. The summed E-state index contributed by atoms with van der Waals surface area (Å²) in [5.74, 6) is -0.0465. The molecule has 0 aliphatic heterocycles. The smallest absolute Gasteiger partial charge is 0.252 e. The summed E-state index contributed by atoms with van der Waals surface area (Å²) in [7, 11) is 0. The Hall–Kier alpha value is -2.13. The van der Waals surface area contributed by atoms with E-state index in [1.807, 2.05) is 49.4 Å².